The van der Waals surface area contributed by atoms with Crippen molar-refractivity contribution in [3.63, 3.8) is 0 Å². The predicted octanol–water partition coefficient (Wildman–Crippen LogP) is -3.67. The average molecular weight is 724 g/mol. The van der Waals surface area contributed by atoms with Crippen molar-refractivity contribution in [1.82, 2.24) is 21.3 Å². The first-order valence-corrected chi connectivity index (χ1v) is 16.5. The van der Waals surface area contributed by atoms with Gasteiger partial charge in [0.25, 0.3) is 0 Å². The van der Waals surface area contributed by atoms with Gasteiger partial charge in [-0.1, -0.05) is 13.8 Å². The van der Waals surface area contributed by atoms with Crippen molar-refractivity contribution in [3.8, 4) is 0 Å². The van der Waals surface area contributed by atoms with Crippen LogP contribution in [0.15, 0.2) is 0 Å². The van der Waals surface area contributed by atoms with E-state index in [1.54, 1.807) is 13.8 Å². The van der Waals surface area contributed by atoms with E-state index in [0.29, 0.717) is 0 Å². The van der Waals surface area contributed by atoms with Crippen LogP contribution in [0.2, 0.25) is 0 Å². The molecule has 0 fully saturated rings. The average Bonchev–Trinajstić information content (AvgIpc) is 2.91. The van der Waals surface area contributed by atoms with Crippen LogP contribution in [-0.2, 0) is 51.7 Å². The van der Waals surface area contributed by atoms with Crippen LogP contribution in [0.3, 0.4) is 0 Å². The van der Waals surface area contributed by atoms with Gasteiger partial charge in [-0.2, -0.15) is 0 Å². The summed E-state index contributed by atoms with van der Waals surface area (Å²) in [6, 6.07) is -8.92. The van der Waals surface area contributed by atoms with Gasteiger partial charge in [0, 0.05) is 12.8 Å². The van der Waals surface area contributed by atoms with Gasteiger partial charge in [0.2, 0.25) is 23.6 Å². The number of carboxylic acid groups (broad SMARTS) is 3. The Kier molecular flexibility index (Phi) is 18.5. The van der Waals surface area contributed by atoms with Crippen LogP contribution in [-0.4, -0.2) is 120 Å². The van der Waals surface area contributed by atoms with Crippen LogP contribution in [0, 0.1) is 5.92 Å². The Bertz CT molecular complexity index is 1240. The second-order valence-electron chi connectivity index (χ2n) is 10.3. The third kappa shape index (κ3) is 20.3. The summed E-state index contributed by atoms with van der Waals surface area (Å²) in [6.07, 6.45) is -2.49. The Labute approximate surface area is 266 Å². The highest BCUT2D eigenvalue weighted by molar-refractivity contribution is 7.46. The maximum Gasteiger partial charge on any atom is 0.469 e. The van der Waals surface area contributed by atoms with Crippen LogP contribution in [0.1, 0.15) is 46.0 Å². The Morgan fingerprint density at radius 3 is 1.36 bits per heavy atom. The van der Waals surface area contributed by atoms with E-state index in [0.717, 1.165) is 0 Å². The van der Waals surface area contributed by atoms with Gasteiger partial charge in [0.1, 0.15) is 24.2 Å². The number of phosphoric ester groups is 2. The van der Waals surface area contributed by atoms with E-state index >= 15 is 0 Å². The summed E-state index contributed by atoms with van der Waals surface area (Å²) < 4.78 is 31.1. The normalized spacial score (nSPS) is 15.0. The van der Waals surface area contributed by atoms with Crippen LogP contribution < -0.4 is 27.0 Å². The number of phosphoric acid groups is 2. The molecule has 0 aliphatic carbocycles. The van der Waals surface area contributed by atoms with Crippen molar-refractivity contribution >= 4 is 57.2 Å². The molecule has 0 saturated heterocycles. The monoisotopic (exact) mass is 723 g/mol. The highest BCUT2D eigenvalue weighted by Crippen LogP contribution is 2.36. The molecule has 0 aromatic rings. The van der Waals surface area contributed by atoms with Gasteiger partial charge < -0.3 is 61.9 Å². The zero-order valence-electron chi connectivity index (χ0n) is 25.0. The number of carboxylic acids is 3. The van der Waals surface area contributed by atoms with Gasteiger partial charge in [0.15, 0.2) is 0 Å². The zero-order chi connectivity index (χ0) is 36.7. The smallest absolute Gasteiger partial charge is 0.469 e. The highest BCUT2D eigenvalue weighted by Gasteiger charge is 2.34. The Hall–Kier alpha value is -3.53. The number of carbonyl (C=O) groups is 7. The summed E-state index contributed by atoms with van der Waals surface area (Å²) in [5.74, 6) is -9.81. The topological polar surface area (TPSA) is 388 Å². The number of hydrogen-bond acceptors (Lipinski definition) is 12. The first kappa shape index (κ1) is 43.5. The highest BCUT2D eigenvalue weighted by atomic mass is 31.2. The van der Waals surface area contributed by atoms with E-state index in [9.17, 15) is 47.8 Å². The summed E-state index contributed by atoms with van der Waals surface area (Å²) in [6.45, 7) is 0.742. The fraction of sp³-hybridized carbons (Fsp3) is 0.682. The lowest BCUT2D eigenvalue weighted by Crippen LogP contribution is -2.60. The molecular formula is C22H39N5O18P2. The summed E-state index contributed by atoms with van der Waals surface area (Å²) in [5.41, 5.74) is 5.60. The van der Waals surface area contributed by atoms with E-state index in [2.05, 4.69) is 14.4 Å². The minimum atomic E-state index is -5.27. The molecule has 0 rings (SSSR count). The Balaban J connectivity index is 6.16. The van der Waals surface area contributed by atoms with Crippen LogP contribution >= 0.6 is 15.6 Å². The van der Waals surface area contributed by atoms with Crippen LogP contribution in [0.5, 0.6) is 0 Å². The molecule has 270 valence electrons. The number of aliphatic carboxylic acids is 3. The summed E-state index contributed by atoms with van der Waals surface area (Å²) in [4.78, 5) is 121. The van der Waals surface area contributed by atoms with Gasteiger partial charge in [-0.25, -0.2) is 13.9 Å². The first-order valence-electron chi connectivity index (χ1n) is 13.5. The second-order valence-corrected chi connectivity index (χ2v) is 12.7. The lowest BCUT2D eigenvalue weighted by Gasteiger charge is -2.27. The van der Waals surface area contributed by atoms with Gasteiger partial charge in [0.05, 0.1) is 19.3 Å². The van der Waals surface area contributed by atoms with E-state index in [-0.39, 0.29) is 6.42 Å². The number of nitrogens with two attached hydrogens (primary N) is 1. The maximum absolute atomic E-state index is 13.2. The lowest BCUT2D eigenvalue weighted by atomic mass is 10.0. The third-order valence-electron chi connectivity index (χ3n) is 5.69. The van der Waals surface area contributed by atoms with Crippen molar-refractivity contribution in [3.05, 3.63) is 0 Å². The SMILES string of the molecule is CC(C)C[C@H](NC(=O)[C@H](COP(=O)(O)O)NC(=O)[C@@H](N)CCC(=O)O)C(=O)N[C@@H](COP(=O)(O)O)C(=O)N[C@@H](CCC(=O)O)C(=O)O. The molecule has 4 amide bonds. The number of rotatable bonds is 23. The van der Waals surface area contributed by atoms with Gasteiger partial charge in [-0.3, -0.25) is 37.8 Å². The third-order valence-corrected chi connectivity index (χ3v) is 6.66. The van der Waals surface area contributed by atoms with E-state index < -0.39 is 132 Å². The van der Waals surface area contributed by atoms with Crippen molar-refractivity contribution in [2.45, 2.75) is 76.2 Å². The van der Waals surface area contributed by atoms with Crippen molar-refractivity contribution < 1.29 is 86.6 Å². The van der Waals surface area contributed by atoms with Crippen LogP contribution in [0.4, 0.5) is 0 Å². The lowest BCUT2D eigenvalue weighted by molar-refractivity contribution is -0.144. The molecule has 13 N–H and O–H groups in total. The summed E-state index contributed by atoms with van der Waals surface area (Å²) >= 11 is 0. The predicted molar refractivity (Wildman–Crippen MR) is 153 cm³/mol. The fourth-order valence-corrected chi connectivity index (χ4v) is 4.13. The molecule has 0 aliphatic rings. The fourth-order valence-electron chi connectivity index (χ4n) is 3.44. The molecule has 5 atom stereocenters. The largest absolute Gasteiger partial charge is 0.481 e. The molecule has 0 unspecified atom stereocenters. The van der Waals surface area contributed by atoms with E-state index in [1.807, 2.05) is 16.0 Å². The van der Waals surface area contributed by atoms with E-state index in [4.69, 9.17) is 35.5 Å². The molecule has 25 heteroatoms. The Morgan fingerprint density at radius 1 is 0.617 bits per heavy atom. The minimum absolute atomic E-state index is 0.222. The molecule has 0 bridgehead atoms. The molecule has 0 spiro atoms. The maximum atomic E-state index is 13.2. The van der Waals surface area contributed by atoms with Crippen molar-refractivity contribution in [2.75, 3.05) is 13.2 Å². The van der Waals surface area contributed by atoms with Gasteiger partial charge in [-0.15, -0.1) is 0 Å². The number of carbonyl (C=O) groups excluding carboxylic acids is 4. The van der Waals surface area contributed by atoms with E-state index in [1.165, 1.54) is 0 Å². The molecule has 0 saturated carbocycles. The molecule has 0 radical (unpaired) electrons. The summed E-state index contributed by atoms with van der Waals surface area (Å²) in [7, 11) is -10.5. The molecule has 47 heavy (non-hydrogen) atoms. The standard InChI is InChI=1S/C22H39N5O18P2/c1-10(2)7-13(25-21(35)14(8-44-46(38,39)40)26-18(32)11(23)3-5-16(28)29)19(33)27-15(9-45-47(41,42)43)20(34)24-12(22(36)37)4-6-17(30)31/h10-15H,3-9,23H2,1-2H3,(H,24,34)(H,25,35)(H,26,32)(H,27,33)(H,28,29)(H,30,31)(H,36,37)(H2,38,39,40)(H2,41,42,43)/t11-,12-,13-,14-,15-/m0/s1. The molecule has 23 nitrogen and oxygen atoms in total. The van der Waals surface area contributed by atoms with Crippen molar-refractivity contribution in [2.24, 2.45) is 11.7 Å². The molecule has 0 aromatic carbocycles. The van der Waals surface area contributed by atoms with Crippen LogP contribution in [0.25, 0.3) is 0 Å². The second kappa shape index (κ2) is 20.0. The number of amides is 4. The summed E-state index contributed by atoms with van der Waals surface area (Å²) in [5, 5.41) is 35.0. The number of nitrogens with one attached hydrogen (secondary N) is 4. The number of hydrogen-bond donors (Lipinski definition) is 12. The van der Waals surface area contributed by atoms with Gasteiger partial charge in [-0.05, 0) is 25.2 Å². The van der Waals surface area contributed by atoms with Crippen molar-refractivity contribution in [1.29, 1.82) is 0 Å². The quantitative estimate of drug-likeness (QED) is 0.0452. The molecule has 0 aliphatic heterocycles. The molecule has 0 aromatic heterocycles. The van der Waals surface area contributed by atoms with Gasteiger partial charge >= 0.3 is 33.6 Å². The molecule has 0 heterocycles. The first-order chi connectivity index (χ1) is 21.4. The Morgan fingerprint density at radius 2 is 0.979 bits per heavy atom. The minimum Gasteiger partial charge on any atom is -0.481 e. The zero-order valence-corrected chi connectivity index (χ0v) is 26.8. The molecular weight excluding hydrogens is 684 g/mol.